The Balaban J connectivity index is 2.41. The first-order chi connectivity index (χ1) is 6.97. The molecule has 0 amide bonds. The van der Waals surface area contributed by atoms with E-state index in [2.05, 4.69) is 5.32 Å². The van der Waals surface area contributed by atoms with Crippen LogP contribution in [-0.4, -0.2) is 38.7 Å². The molecule has 1 unspecified atom stereocenters. The highest BCUT2D eigenvalue weighted by Gasteiger charge is 2.32. The predicted octanol–water partition coefficient (Wildman–Crippen LogP) is 1.29. The van der Waals surface area contributed by atoms with Gasteiger partial charge in [0.15, 0.2) is 0 Å². The van der Waals surface area contributed by atoms with Crippen LogP contribution in [0.15, 0.2) is 0 Å². The van der Waals surface area contributed by atoms with Crippen molar-refractivity contribution >= 4 is 9.84 Å². The van der Waals surface area contributed by atoms with Gasteiger partial charge in [-0.15, -0.1) is 0 Å². The zero-order chi connectivity index (χ0) is 11.4. The van der Waals surface area contributed by atoms with Crippen LogP contribution in [0.4, 0.5) is 4.39 Å². The zero-order valence-corrected chi connectivity index (χ0v) is 10.1. The van der Waals surface area contributed by atoms with Gasteiger partial charge < -0.3 is 5.32 Å². The van der Waals surface area contributed by atoms with Crippen molar-refractivity contribution in [2.45, 2.75) is 38.3 Å². The number of hydrogen-bond acceptors (Lipinski definition) is 3. The summed E-state index contributed by atoms with van der Waals surface area (Å²) in [6.45, 7) is 2.97. The summed E-state index contributed by atoms with van der Waals surface area (Å²) in [5.74, 6) is 0.162. The van der Waals surface area contributed by atoms with Gasteiger partial charge in [0.05, 0.1) is 5.75 Å². The van der Waals surface area contributed by atoms with Crippen molar-refractivity contribution in [3.63, 3.8) is 0 Å². The molecular weight excluding hydrogens is 217 g/mol. The third-order valence-electron chi connectivity index (χ3n) is 2.80. The van der Waals surface area contributed by atoms with E-state index < -0.39 is 15.5 Å². The summed E-state index contributed by atoms with van der Waals surface area (Å²) < 4.78 is 36.9. The molecule has 1 rings (SSSR count). The van der Waals surface area contributed by atoms with Crippen LogP contribution < -0.4 is 5.32 Å². The second kappa shape index (κ2) is 5.25. The maximum atomic E-state index is 14.0. The second-order valence-corrected chi connectivity index (χ2v) is 6.64. The molecule has 1 aliphatic rings. The van der Waals surface area contributed by atoms with Crippen LogP contribution in [-0.2, 0) is 9.84 Å². The Morgan fingerprint density at radius 2 is 2.13 bits per heavy atom. The molecule has 1 heterocycles. The van der Waals surface area contributed by atoms with Crippen molar-refractivity contribution in [1.82, 2.24) is 5.32 Å². The SMILES string of the molecule is CCCS(=O)(=O)CCC1(F)CCCNC1. The minimum Gasteiger partial charge on any atom is -0.314 e. The Bertz CT molecular complexity index is 284. The van der Waals surface area contributed by atoms with Gasteiger partial charge in [0.25, 0.3) is 0 Å². The summed E-state index contributed by atoms with van der Waals surface area (Å²) in [7, 11) is -3.04. The fourth-order valence-electron chi connectivity index (χ4n) is 1.90. The highest BCUT2D eigenvalue weighted by Crippen LogP contribution is 2.25. The fourth-order valence-corrected chi connectivity index (χ4v) is 3.40. The Kier molecular flexibility index (Phi) is 4.52. The van der Waals surface area contributed by atoms with E-state index in [4.69, 9.17) is 0 Å². The highest BCUT2D eigenvalue weighted by molar-refractivity contribution is 7.91. The number of sulfone groups is 1. The molecule has 0 bridgehead atoms. The normalized spacial score (nSPS) is 27.9. The van der Waals surface area contributed by atoms with Gasteiger partial charge in [0, 0.05) is 12.3 Å². The van der Waals surface area contributed by atoms with E-state index in [0.29, 0.717) is 19.4 Å². The molecule has 0 radical (unpaired) electrons. The fraction of sp³-hybridized carbons (Fsp3) is 1.00. The molecule has 1 saturated heterocycles. The molecule has 3 nitrogen and oxygen atoms in total. The van der Waals surface area contributed by atoms with Crippen LogP contribution in [0.5, 0.6) is 0 Å². The van der Waals surface area contributed by atoms with E-state index in [1.165, 1.54) is 0 Å². The second-order valence-electron chi connectivity index (χ2n) is 4.33. The molecule has 5 heteroatoms. The Morgan fingerprint density at radius 1 is 1.40 bits per heavy atom. The van der Waals surface area contributed by atoms with Crippen LogP contribution in [0.25, 0.3) is 0 Å². The van der Waals surface area contributed by atoms with Gasteiger partial charge in [0.2, 0.25) is 0 Å². The van der Waals surface area contributed by atoms with Crippen LogP contribution in [0.2, 0.25) is 0 Å². The van der Waals surface area contributed by atoms with Crippen LogP contribution in [0, 0.1) is 0 Å². The van der Waals surface area contributed by atoms with Gasteiger partial charge >= 0.3 is 0 Å². The predicted molar refractivity (Wildman–Crippen MR) is 59.5 cm³/mol. The van der Waals surface area contributed by atoms with Crippen LogP contribution >= 0.6 is 0 Å². The van der Waals surface area contributed by atoms with Crippen molar-refractivity contribution in [1.29, 1.82) is 0 Å². The third-order valence-corrected chi connectivity index (χ3v) is 4.65. The summed E-state index contributed by atoms with van der Waals surface area (Å²) in [5.41, 5.74) is -1.31. The lowest BCUT2D eigenvalue weighted by molar-refractivity contribution is 0.118. The zero-order valence-electron chi connectivity index (χ0n) is 9.26. The molecule has 1 N–H and O–H groups in total. The summed E-state index contributed by atoms with van der Waals surface area (Å²) in [6, 6.07) is 0. The molecule has 1 aliphatic heterocycles. The molecule has 0 aromatic carbocycles. The Hall–Kier alpha value is -0.160. The minimum atomic E-state index is -3.04. The first-order valence-electron chi connectivity index (χ1n) is 5.57. The van der Waals surface area contributed by atoms with E-state index >= 15 is 0 Å². The molecule has 15 heavy (non-hydrogen) atoms. The van der Waals surface area contributed by atoms with Crippen molar-refractivity contribution < 1.29 is 12.8 Å². The van der Waals surface area contributed by atoms with E-state index in [0.717, 1.165) is 13.0 Å². The maximum Gasteiger partial charge on any atom is 0.150 e. The first-order valence-corrected chi connectivity index (χ1v) is 7.40. The number of piperidine rings is 1. The lowest BCUT2D eigenvalue weighted by Gasteiger charge is -2.29. The Labute approximate surface area is 91.4 Å². The van der Waals surface area contributed by atoms with Crippen LogP contribution in [0.3, 0.4) is 0 Å². The topological polar surface area (TPSA) is 46.2 Å². The molecule has 0 saturated carbocycles. The first kappa shape index (κ1) is 12.9. The van der Waals surface area contributed by atoms with Gasteiger partial charge in [-0.05, 0) is 32.2 Å². The summed E-state index contributed by atoms with van der Waals surface area (Å²) >= 11 is 0. The molecule has 0 aromatic heterocycles. The molecule has 0 spiro atoms. The minimum absolute atomic E-state index is 0.0149. The van der Waals surface area contributed by atoms with E-state index in [1.54, 1.807) is 0 Å². The van der Waals surface area contributed by atoms with Crippen LogP contribution in [0.1, 0.15) is 32.6 Å². The monoisotopic (exact) mass is 237 g/mol. The quantitative estimate of drug-likeness (QED) is 0.784. The van der Waals surface area contributed by atoms with Gasteiger partial charge in [-0.25, -0.2) is 12.8 Å². The van der Waals surface area contributed by atoms with Crippen molar-refractivity contribution in [2.75, 3.05) is 24.6 Å². The van der Waals surface area contributed by atoms with Crippen molar-refractivity contribution in [2.24, 2.45) is 0 Å². The van der Waals surface area contributed by atoms with Gasteiger partial charge in [-0.1, -0.05) is 6.92 Å². The van der Waals surface area contributed by atoms with Crippen molar-refractivity contribution in [3.8, 4) is 0 Å². The smallest absolute Gasteiger partial charge is 0.150 e. The van der Waals surface area contributed by atoms with Gasteiger partial charge in [-0.3, -0.25) is 0 Å². The summed E-state index contributed by atoms with van der Waals surface area (Å²) in [4.78, 5) is 0. The standard InChI is InChI=1S/C10H20FNO2S/c1-2-7-15(13,14)8-5-10(11)4-3-6-12-9-10/h12H,2-9H2,1H3. The van der Waals surface area contributed by atoms with E-state index in [-0.39, 0.29) is 17.9 Å². The van der Waals surface area contributed by atoms with E-state index in [9.17, 15) is 12.8 Å². The number of halogens is 1. The van der Waals surface area contributed by atoms with Gasteiger partial charge in [-0.2, -0.15) is 0 Å². The molecule has 1 atom stereocenters. The average Bonchev–Trinajstić information content (AvgIpc) is 2.17. The lowest BCUT2D eigenvalue weighted by atomic mass is 9.94. The number of nitrogens with one attached hydrogen (secondary N) is 1. The average molecular weight is 237 g/mol. The maximum absolute atomic E-state index is 14.0. The lowest BCUT2D eigenvalue weighted by Crippen LogP contribution is -2.43. The van der Waals surface area contributed by atoms with Gasteiger partial charge in [0.1, 0.15) is 15.5 Å². The highest BCUT2D eigenvalue weighted by atomic mass is 32.2. The molecule has 0 aromatic rings. The van der Waals surface area contributed by atoms with E-state index in [1.807, 2.05) is 6.92 Å². The number of hydrogen-bond donors (Lipinski definition) is 1. The Morgan fingerprint density at radius 3 is 2.67 bits per heavy atom. The molecule has 1 fully saturated rings. The number of rotatable bonds is 5. The molecular formula is C10H20FNO2S. The third kappa shape index (κ3) is 4.47. The molecule has 90 valence electrons. The molecule has 0 aliphatic carbocycles. The summed E-state index contributed by atoms with van der Waals surface area (Å²) in [6.07, 6.45) is 2.04. The number of alkyl halides is 1. The van der Waals surface area contributed by atoms with Crippen molar-refractivity contribution in [3.05, 3.63) is 0 Å². The largest absolute Gasteiger partial charge is 0.314 e. The summed E-state index contributed by atoms with van der Waals surface area (Å²) in [5, 5.41) is 2.97.